The van der Waals surface area contributed by atoms with Gasteiger partial charge in [-0.1, -0.05) is 18.2 Å². The molecule has 1 atom stereocenters. The second-order valence-corrected chi connectivity index (χ2v) is 4.08. The number of nitrogens with one attached hydrogen (secondary N) is 2. The van der Waals surface area contributed by atoms with Crippen LogP contribution in [0.2, 0.25) is 0 Å². The Kier molecular flexibility index (Phi) is 3.74. The van der Waals surface area contributed by atoms with E-state index in [9.17, 15) is 9.59 Å². The first kappa shape index (κ1) is 12.3. The second kappa shape index (κ2) is 5.46. The maximum Gasteiger partial charge on any atom is 0.237 e. The molecule has 0 unspecified atom stereocenters. The van der Waals surface area contributed by atoms with Crippen molar-refractivity contribution in [2.45, 2.75) is 12.5 Å². The zero-order valence-corrected chi connectivity index (χ0v) is 9.85. The Bertz CT molecular complexity index is 562. The van der Waals surface area contributed by atoms with Gasteiger partial charge in [0.25, 0.3) is 0 Å². The second-order valence-electron chi connectivity index (χ2n) is 4.08. The summed E-state index contributed by atoms with van der Waals surface area (Å²) in [5.41, 5.74) is 7.82. The lowest BCUT2D eigenvalue weighted by Gasteiger charge is -2.10. The first-order chi connectivity index (χ1) is 8.72. The van der Waals surface area contributed by atoms with E-state index in [1.165, 1.54) is 0 Å². The molecule has 2 aromatic rings. The van der Waals surface area contributed by atoms with Gasteiger partial charge in [0.05, 0.1) is 12.6 Å². The molecule has 5 heteroatoms. The fourth-order valence-corrected chi connectivity index (χ4v) is 1.90. The summed E-state index contributed by atoms with van der Waals surface area (Å²) in [4.78, 5) is 24.9. The molecule has 94 valence electrons. The lowest BCUT2D eigenvalue weighted by atomic mass is 10.1. The van der Waals surface area contributed by atoms with Crippen LogP contribution in [0.4, 0.5) is 0 Å². The average molecular weight is 245 g/mol. The zero-order chi connectivity index (χ0) is 13.0. The van der Waals surface area contributed by atoms with E-state index in [1.807, 2.05) is 30.5 Å². The van der Waals surface area contributed by atoms with Crippen LogP contribution in [0.25, 0.3) is 10.9 Å². The van der Waals surface area contributed by atoms with E-state index in [0.717, 1.165) is 16.5 Å². The SMILES string of the molecule is N[C@@H](Cc1c[nH]c2ccccc12)C(=O)NCC=O. The Morgan fingerprint density at radius 1 is 1.44 bits per heavy atom. The molecule has 0 aliphatic rings. The third-order valence-electron chi connectivity index (χ3n) is 2.81. The van der Waals surface area contributed by atoms with Crippen molar-refractivity contribution in [1.82, 2.24) is 10.3 Å². The molecule has 18 heavy (non-hydrogen) atoms. The molecule has 2 rings (SSSR count). The van der Waals surface area contributed by atoms with Gasteiger partial charge in [-0.2, -0.15) is 0 Å². The van der Waals surface area contributed by atoms with Gasteiger partial charge in [-0.15, -0.1) is 0 Å². The summed E-state index contributed by atoms with van der Waals surface area (Å²) in [5.74, 6) is -0.313. The van der Waals surface area contributed by atoms with Crippen molar-refractivity contribution in [3.05, 3.63) is 36.0 Å². The highest BCUT2D eigenvalue weighted by Gasteiger charge is 2.15. The van der Waals surface area contributed by atoms with Crippen LogP contribution in [-0.4, -0.2) is 29.8 Å². The summed E-state index contributed by atoms with van der Waals surface area (Å²) < 4.78 is 0. The Morgan fingerprint density at radius 2 is 2.22 bits per heavy atom. The number of hydrogen-bond acceptors (Lipinski definition) is 3. The topological polar surface area (TPSA) is 88.0 Å². The molecule has 1 aromatic carbocycles. The molecule has 0 bridgehead atoms. The first-order valence-electron chi connectivity index (χ1n) is 5.74. The summed E-state index contributed by atoms with van der Waals surface area (Å²) in [5, 5.41) is 3.52. The number of amides is 1. The van der Waals surface area contributed by atoms with Crippen LogP contribution in [0.1, 0.15) is 5.56 Å². The van der Waals surface area contributed by atoms with E-state index in [0.29, 0.717) is 12.7 Å². The van der Waals surface area contributed by atoms with E-state index in [2.05, 4.69) is 10.3 Å². The predicted molar refractivity (Wildman–Crippen MR) is 69.1 cm³/mol. The van der Waals surface area contributed by atoms with Gasteiger partial charge < -0.3 is 20.8 Å². The molecule has 1 heterocycles. The largest absolute Gasteiger partial charge is 0.361 e. The summed E-state index contributed by atoms with van der Waals surface area (Å²) in [7, 11) is 0. The first-order valence-corrected chi connectivity index (χ1v) is 5.74. The zero-order valence-electron chi connectivity index (χ0n) is 9.85. The number of nitrogens with two attached hydrogens (primary N) is 1. The molecule has 0 spiro atoms. The number of para-hydroxylation sites is 1. The lowest BCUT2D eigenvalue weighted by molar-refractivity contribution is -0.123. The molecule has 5 nitrogen and oxygen atoms in total. The average Bonchev–Trinajstić information content (AvgIpc) is 2.79. The molecule has 1 amide bonds. The van der Waals surface area contributed by atoms with Crippen molar-refractivity contribution in [3.8, 4) is 0 Å². The van der Waals surface area contributed by atoms with Crippen LogP contribution in [0.5, 0.6) is 0 Å². The van der Waals surface area contributed by atoms with Crippen molar-refractivity contribution >= 4 is 23.1 Å². The molecule has 0 aliphatic heterocycles. The van der Waals surface area contributed by atoms with Gasteiger partial charge in [-0.05, 0) is 18.1 Å². The monoisotopic (exact) mass is 245 g/mol. The lowest BCUT2D eigenvalue weighted by Crippen LogP contribution is -2.42. The number of rotatable bonds is 5. The number of aldehydes is 1. The molecule has 4 N–H and O–H groups in total. The van der Waals surface area contributed by atoms with Crippen LogP contribution in [0, 0.1) is 0 Å². The fraction of sp³-hybridized carbons (Fsp3) is 0.231. The Balaban J connectivity index is 2.09. The van der Waals surface area contributed by atoms with Gasteiger partial charge >= 0.3 is 0 Å². The standard InChI is InChI=1S/C13H15N3O2/c14-11(13(18)15-5-6-17)7-9-8-16-12-4-2-1-3-10(9)12/h1-4,6,8,11,16H,5,7,14H2,(H,15,18)/t11-/m0/s1. The van der Waals surface area contributed by atoms with Gasteiger partial charge in [0, 0.05) is 17.1 Å². The van der Waals surface area contributed by atoms with Gasteiger partial charge in [0.15, 0.2) is 0 Å². The van der Waals surface area contributed by atoms with Crippen molar-refractivity contribution in [3.63, 3.8) is 0 Å². The van der Waals surface area contributed by atoms with Crippen LogP contribution >= 0.6 is 0 Å². The van der Waals surface area contributed by atoms with Gasteiger partial charge in [0.1, 0.15) is 6.29 Å². The number of carbonyl (C=O) groups excluding carboxylic acids is 2. The van der Waals surface area contributed by atoms with Crippen molar-refractivity contribution in [2.24, 2.45) is 5.73 Å². The van der Waals surface area contributed by atoms with Crippen LogP contribution in [-0.2, 0) is 16.0 Å². The third kappa shape index (κ3) is 2.57. The Labute approximate surface area is 104 Å². The van der Waals surface area contributed by atoms with Crippen LogP contribution in [0.15, 0.2) is 30.5 Å². The summed E-state index contributed by atoms with van der Waals surface area (Å²) in [6.45, 7) is 0.000415. The van der Waals surface area contributed by atoms with Crippen LogP contribution in [0.3, 0.4) is 0 Å². The highest BCUT2D eigenvalue weighted by atomic mass is 16.2. The van der Waals surface area contributed by atoms with Crippen LogP contribution < -0.4 is 11.1 Å². The summed E-state index contributed by atoms with van der Waals surface area (Å²) in [6.07, 6.45) is 2.93. The number of benzene rings is 1. The minimum Gasteiger partial charge on any atom is -0.361 e. The summed E-state index contributed by atoms with van der Waals surface area (Å²) >= 11 is 0. The minimum absolute atomic E-state index is 0.000415. The number of fused-ring (bicyclic) bond motifs is 1. The molecule has 0 fully saturated rings. The highest BCUT2D eigenvalue weighted by Crippen LogP contribution is 2.18. The van der Waals surface area contributed by atoms with E-state index in [4.69, 9.17) is 5.73 Å². The number of hydrogen-bond donors (Lipinski definition) is 3. The Morgan fingerprint density at radius 3 is 3.00 bits per heavy atom. The molecule has 0 aliphatic carbocycles. The highest BCUT2D eigenvalue weighted by molar-refractivity contribution is 5.86. The van der Waals surface area contributed by atoms with Gasteiger partial charge in [0.2, 0.25) is 5.91 Å². The minimum atomic E-state index is -0.649. The summed E-state index contributed by atoms with van der Waals surface area (Å²) in [6, 6.07) is 7.19. The van der Waals surface area contributed by atoms with Crippen molar-refractivity contribution in [1.29, 1.82) is 0 Å². The van der Waals surface area contributed by atoms with E-state index >= 15 is 0 Å². The number of aromatic amines is 1. The molecule has 0 saturated carbocycles. The van der Waals surface area contributed by atoms with E-state index in [1.54, 1.807) is 0 Å². The molecular formula is C13H15N3O2. The normalized spacial score (nSPS) is 12.3. The molecular weight excluding hydrogens is 230 g/mol. The van der Waals surface area contributed by atoms with Gasteiger partial charge in [-0.25, -0.2) is 0 Å². The maximum atomic E-state index is 11.6. The van der Waals surface area contributed by atoms with Gasteiger partial charge in [-0.3, -0.25) is 4.79 Å². The van der Waals surface area contributed by atoms with E-state index < -0.39 is 6.04 Å². The smallest absolute Gasteiger partial charge is 0.237 e. The maximum absolute atomic E-state index is 11.6. The quantitative estimate of drug-likeness (QED) is 0.664. The molecule has 0 radical (unpaired) electrons. The number of aromatic nitrogens is 1. The molecule has 0 saturated heterocycles. The third-order valence-corrected chi connectivity index (χ3v) is 2.81. The van der Waals surface area contributed by atoms with Crippen molar-refractivity contribution in [2.75, 3.05) is 6.54 Å². The Hall–Kier alpha value is -2.14. The molecule has 1 aromatic heterocycles. The predicted octanol–water partition coefficient (Wildman–Crippen LogP) is 0.353. The van der Waals surface area contributed by atoms with E-state index in [-0.39, 0.29) is 12.5 Å². The number of carbonyl (C=O) groups is 2. The van der Waals surface area contributed by atoms with Crippen molar-refractivity contribution < 1.29 is 9.59 Å². The number of H-pyrrole nitrogens is 1. The fourth-order valence-electron chi connectivity index (χ4n) is 1.90.